The van der Waals surface area contributed by atoms with Crippen LogP contribution in [0.4, 0.5) is 8.78 Å². The van der Waals surface area contributed by atoms with E-state index in [1.54, 1.807) is 12.1 Å². The molecule has 2 aromatic carbocycles. The molecule has 0 spiro atoms. The highest BCUT2D eigenvalue weighted by Gasteiger charge is 2.21. The second kappa shape index (κ2) is 11.0. The first kappa shape index (κ1) is 23.0. The zero-order valence-electron chi connectivity index (χ0n) is 17.1. The highest BCUT2D eigenvalue weighted by molar-refractivity contribution is 6.43. The van der Waals surface area contributed by atoms with Gasteiger partial charge in [0, 0.05) is 23.8 Å². The normalized spacial score (nSPS) is 11.9. The van der Waals surface area contributed by atoms with Crippen LogP contribution in [0.15, 0.2) is 46.7 Å². The van der Waals surface area contributed by atoms with Crippen molar-refractivity contribution in [2.45, 2.75) is 13.5 Å². The van der Waals surface area contributed by atoms with Crippen LogP contribution >= 0.6 is 0 Å². The van der Waals surface area contributed by atoms with Gasteiger partial charge >= 0.3 is 5.97 Å². The topological polar surface area (TPSA) is 78.7 Å². The molecule has 30 heavy (non-hydrogen) atoms. The predicted octanol–water partition coefficient (Wildman–Crippen LogP) is 3.36. The van der Waals surface area contributed by atoms with Gasteiger partial charge in [-0.05, 0) is 30.7 Å². The highest BCUT2D eigenvalue weighted by atomic mass is 19.2. The summed E-state index contributed by atoms with van der Waals surface area (Å²) in [6, 6.07) is 8.65. The van der Waals surface area contributed by atoms with E-state index in [4.69, 9.17) is 19.1 Å². The van der Waals surface area contributed by atoms with E-state index < -0.39 is 17.6 Å². The standard InChI is InChI=1S/C21H22F2N2O5/c1-13-6-5-7-15(20(25-29-4)21(26)28-3)16(13)11-30-24-19(12-27-2)14-8-9-17(22)18(23)10-14/h5-10H,11-12H2,1-4H3/b24-19+,25-20+. The molecule has 0 N–H and O–H groups in total. The third kappa shape index (κ3) is 5.60. The minimum Gasteiger partial charge on any atom is -0.464 e. The fourth-order valence-corrected chi connectivity index (χ4v) is 2.65. The van der Waals surface area contributed by atoms with Crippen LogP contribution in [0.2, 0.25) is 0 Å². The van der Waals surface area contributed by atoms with Gasteiger partial charge < -0.3 is 19.1 Å². The molecule has 2 rings (SSSR count). The van der Waals surface area contributed by atoms with Crippen LogP contribution in [-0.4, -0.2) is 45.3 Å². The number of methoxy groups -OCH3 is 2. The summed E-state index contributed by atoms with van der Waals surface area (Å²) in [6.45, 7) is 1.82. The molecule has 9 heteroatoms. The lowest BCUT2D eigenvalue weighted by molar-refractivity contribution is -0.132. The third-order valence-electron chi connectivity index (χ3n) is 4.14. The van der Waals surface area contributed by atoms with Crippen molar-refractivity contribution in [3.63, 3.8) is 0 Å². The molecular formula is C21H22F2N2O5. The maximum atomic E-state index is 13.6. The second-order valence-corrected chi connectivity index (χ2v) is 6.09. The number of aryl methyl sites for hydroxylation is 1. The smallest absolute Gasteiger partial charge is 0.360 e. The van der Waals surface area contributed by atoms with E-state index in [2.05, 4.69) is 10.3 Å². The van der Waals surface area contributed by atoms with E-state index in [1.807, 2.05) is 13.0 Å². The maximum absolute atomic E-state index is 13.6. The Morgan fingerprint density at radius 1 is 1.03 bits per heavy atom. The molecule has 0 atom stereocenters. The van der Waals surface area contributed by atoms with Crippen LogP contribution in [0.25, 0.3) is 0 Å². The summed E-state index contributed by atoms with van der Waals surface area (Å²) in [5, 5.41) is 7.78. The Kier molecular flexibility index (Phi) is 8.42. The van der Waals surface area contributed by atoms with Crippen LogP contribution in [0.3, 0.4) is 0 Å². The molecule has 0 heterocycles. The predicted molar refractivity (Wildman–Crippen MR) is 106 cm³/mol. The number of hydrogen-bond donors (Lipinski definition) is 0. The Balaban J connectivity index is 2.34. The van der Waals surface area contributed by atoms with E-state index in [0.29, 0.717) is 16.7 Å². The summed E-state index contributed by atoms with van der Waals surface area (Å²) >= 11 is 0. The summed E-state index contributed by atoms with van der Waals surface area (Å²) in [6.07, 6.45) is 0. The molecule has 0 aliphatic carbocycles. The molecule has 0 saturated carbocycles. The number of rotatable bonds is 9. The molecule has 2 aromatic rings. The first-order valence-electron chi connectivity index (χ1n) is 8.84. The van der Waals surface area contributed by atoms with E-state index in [-0.39, 0.29) is 24.6 Å². The number of ether oxygens (including phenoxy) is 2. The fourth-order valence-electron chi connectivity index (χ4n) is 2.65. The van der Waals surface area contributed by atoms with Crippen LogP contribution in [0.5, 0.6) is 0 Å². The van der Waals surface area contributed by atoms with Gasteiger partial charge in [-0.3, -0.25) is 0 Å². The molecule has 0 radical (unpaired) electrons. The summed E-state index contributed by atoms with van der Waals surface area (Å²) in [5.74, 6) is -2.64. The van der Waals surface area contributed by atoms with Crippen molar-refractivity contribution in [1.82, 2.24) is 0 Å². The first-order chi connectivity index (χ1) is 14.4. The number of benzene rings is 2. The summed E-state index contributed by atoms with van der Waals surface area (Å²) in [4.78, 5) is 22.3. The van der Waals surface area contributed by atoms with Crippen molar-refractivity contribution < 1.29 is 32.7 Å². The fraction of sp³-hybridized carbons (Fsp3) is 0.286. The summed E-state index contributed by atoms with van der Waals surface area (Å²) in [7, 11) is 4.00. The van der Waals surface area contributed by atoms with Crippen molar-refractivity contribution in [2.75, 3.05) is 27.9 Å². The molecule has 0 unspecified atom stereocenters. The molecule has 0 fully saturated rings. The van der Waals surface area contributed by atoms with Gasteiger partial charge in [0.1, 0.15) is 19.4 Å². The van der Waals surface area contributed by atoms with Gasteiger partial charge in [0.15, 0.2) is 17.3 Å². The number of carbonyl (C=O) groups is 1. The van der Waals surface area contributed by atoms with Crippen molar-refractivity contribution in [2.24, 2.45) is 10.3 Å². The van der Waals surface area contributed by atoms with Gasteiger partial charge in [0.2, 0.25) is 0 Å². The molecule has 0 aromatic heterocycles. The number of hydrogen-bond acceptors (Lipinski definition) is 7. The monoisotopic (exact) mass is 420 g/mol. The molecule has 0 aliphatic rings. The first-order valence-corrected chi connectivity index (χ1v) is 8.84. The average Bonchev–Trinajstić information content (AvgIpc) is 2.74. The van der Waals surface area contributed by atoms with E-state index in [9.17, 15) is 13.6 Å². The Bertz CT molecular complexity index is 960. The lowest BCUT2D eigenvalue weighted by atomic mass is 9.99. The van der Waals surface area contributed by atoms with Gasteiger partial charge in [-0.25, -0.2) is 13.6 Å². The van der Waals surface area contributed by atoms with Crippen molar-refractivity contribution in [3.05, 3.63) is 70.3 Å². The van der Waals surface area contributed by atoms with E-state index in [0.717, 1.165) is 17.7 Å². The molecule has 0 amide bonds. The van der Waals surface area contributed by atoms with Crippen molar-refractivity contribution >= 4 is 17.4 Å². The van der Waals surface area contributed by atoms with Gasteiger partial charge in [-0.2, -0.15) is 0 Å². The molecule has 7 nitrogen and oxygen atoms in total. The number of oxime groups is 2. The van der Waals surface area contributed by atoms with Crippen LogP contribution in [0, 0.1) is 18.6 Å². The quantitative estimate of drug-likeness (QED) is 0.353. The van der Waals surface area contributed by atoms with E-state index in [1.165, 1.54) is 27.4 Å². The molecule has 0 bridgehead atoms. The molecule has 0 aliphatic heterocycles. The van der Waals surface area contributed by atoms with Gasteiger partial charge in [0.05, 0.1) is 13.7 Å². The van der Waals surface area contributed by atoms with Gasteiger partial charge in [0.25, 0.3) is 0 Å². The zero-order valence-corrected chi connectivity index (χ0v) is 17.1. The van der Waals surface area contributed by atoms with Crippen LogP contribution in [0.1, 0.15) is 22.3 Å². The van der Waals surface area contributed by atoms with Crippen LogP contribution in [-0.2, 0) is 30.6 Å². The second-order valence-electron chi connectivity index (χ2n) is 6.09. The van der Waals surface area contributed by atoms with Crippen molar-refractivity contribution in [1.29, 1.82) is 0 Å². The Morgan fingerprint density at radius 2 is 1.80 bits per heavy atom. The Labute approximate surface area is 172 Å². The summed E-state index contributed by atoms with van der Waals surface area (Å²) in [5.41, 5.74) is 2.47. The SMILES string of the molecule is COC/C(=N\OCc1c(C)cccc1/C(=N\OC)C(=O)OC)c1ccc(F)c(F)c1. The van der Waals surface area contributed by atoms with E-state index >= 15 is 0 Å². The van der Waals surface area contributed by atoms with Gasteiger partial charge in [-0.1, -0.05) is 28.5 Å². The lowest BCUT2D eigenvalue weighted by Gasteiger charge is -2.13. The number of nitrogens with zero attached hydrogens (tertiary/aromatic N) is 2. The number of esters is 1. The number of halogens is 2. The minimum atomic E-state index is -1.00. The molecule has 0 saturated heterocycles. The molecule has 160 valence electrons. The maximum Gasteiger partial charge on any atom is 0.360 e. The summed E-state index contributed by atoms with van der Waals surface area (Å²) < 4.78 is 36.6. The highest BCUT2D eigenvalue weighted by Crippen LogP contribution is 2.18. The Morgan fingerprint density at radius 3 is 2.43 bits per heavy atom. The van der Waals surface area contributed by atoms with Crippen molar-refractivity contribution in [3.8, 4) is 0 Å². The number of carbonyl (C=O) groups excluding carboxylic acids is 1. The van der Waals surface area contributed by atoms with Gasteiger partial charge in [-0.15, -0.1) is 0 Å². The van der Waals surface area contributed by atoms with Crippen LogP contribution < -0.4 is 0 Å². The zero-order chi connectivity index (χ0) is 22.1. The average molecular weight is 420 g/mol. The largest absolute Gasteiger partial charge is 0.464 e. The molecular weight excluding hydrogens is 398 g/mol. The Hall–Kier alpha value is -3.33. The third-order valence-corrected chi connectivity index (χ3v) is 4.14. The lowest BCUT2D eigenvalue weighted by Crippen LogP contribution is -2.20. The minimum absolute atomic E-state index is 0.0181.